The number of hydrogen-bond acceptors (Lipinski definition) is 3. The van der Waals surface area contributed by atoms with Gasteiger partial charge in [-0.2, -0.15) is 0 Å². The zero-order valence-electron chi connectivity index (χ0n) is 14.4. The van der Waals surface area contributed by atoms with Crippen LogP contribution in [0.25, 0.3) is 0 Å². The van der Waals surface area contributed by atoms with Crippen molar-refractivity contribution in [2.24, 2.45) is 11.8 Å². The molecule has 6 heteroatoms. The smallest absolute Gasteiger partial charge is 0.224 e. The minimum Gasteiger partial charge on any atom is -0.352 e. The van der Waals surface area contributed by atoms with Crippen molar-refractivity contribution in [3.63, 3.8) is 0 Å². The Balaban J connectivity index is 0.00000288. The molecule has 3 N–H and O–H groups in total. The quantitative estimate of drug-likeness (QED) is 0.736. The highest BCUT2D eigenvalue weighted by atomic mass is 35.5. The third-order valence-corrected chi connectivity index (χ3v) is 3.94. The summed E-state index contributed by atoms with van der Waals surface area (Å²) in [7, 11) is 0. The lowest BCUT2D eigenvalue weighted by molar-refractivity contribution is -0.125. The van der Waals surface area contributed by atoms with Gasteiger partial charge in [0, 0.05) is 25.2 Å². The van der Waals surface area contributed by atoms with Gasteiger partial charge >= 0.3 is 0 Å². The maximum atomic E-state index is 12.1. The summed E-state index contributed by atoms with van der Waals surface area (Å²) in [5, 5.41) is 9.14. The molecule has 1 aliphatic heterocycles. The van der Waals surface area contributed by atoms with E-state index >= 15 is 0 Å². The van der Waals surface area contributed by atoms with E-state index in [0.29, 0.717) is 18.9 Å². The molecule has 1 saturated heterocycles. The Morgan fingerprint density at radius 2 is 2.12 bits per heavy atom. The van der Waals surface area contributed by atoms with Crippen LogP contribution in [0, 0.1) is 11.8 Å². The standard InChI is InChI=1S/C18H27N3O2.ClH/c1-13(2)9-17(22)21-16-7-3-5-14(10-16)11-20-18(23)15-6-4-8-19-12-15;/h3,5,7,10,13,15,19H,4,6,8-9,11-12H2,1-2H3,(H,20,23)(H,21,22);1H. The molecule has 2 amide bonds. The molecule has 0 aromatic heterocycles. The maximum Gasteiger partial charge on any atom is 0.224 e. The number of carbonyl (C=O) groups excluding carboxylic acids is 2. The van der Waals surface area contributed by atoms with Gasteiger partial charge in [0.05, 0.1) is 5.92 Å². The molecule has 24 heavy (non-hydrogen) atoms. The summed E-state index contributed by atoms with van der Waals surface area (Å²) in [5.74, 6) is 0.528. The lowest BCUT2D eigenvalue weighted by atomic mass is 9.99. The third-order valence-electron chi connectivity index (χ3n) is 3.94. The second-order valence-corrected chi connectivity index (χ2v) is 6.61. The Hall–Kier alpha value is -1.59. The minimum absolute atomic E-state index is 0. The van der Waals surface area contributed by atoms with E-state index < -0.39 is 0 Å². The molecule has 1 aromatic carbocycles. The molecule has 134 valence electrons. The molecule has 1 aromatic rings. The molecule has 1 unspecified atom stereocenters. The van der Waals surface area contributed by atoms with Crippen LogP contribution in [0.4, 0.5) is 5.69 Å². The van der Waals surface area contributed by atoms with Crippen LogP contribution in [0.1, 0.15) is 38.7 Å². The van der Waals surface area contributed by atoms with Gasteiger partial charge in [-0.15, -0.1) is 12.4 Å². The van der Waals surface area contributed by atoms with Crippen LogP contribution in [-0.4, -0.2) is 24.9 Å². The lowest BCUT2D eigenvalue weighted by Crippen LogP contribution is -2.40. The Kier molecular flexibility index (Phi) is 8.79. The average Bonchev–Trinajstić information content (AvgIpc) is 2.53. The second kappa shape index (κ2) is 10.3. The van der Waals surface area contributed by atoms with Crippen molar-refractivity contribution in [2.75, 3.05) is 18.4 Å². The number of piperidine rings is 1. The predicted octanol–water partition coefficient (Wildman–Crippen LogP) is 2.71. The van der Waals surface area contributed by atoms with Gasteiger partial charge < -0.3 is 16.0 Å². The maximum absolute atomic E-state index is 12.1. The third kappa shape index (κ3) is 6.89. The van der Waals surface area contributed by atoms with Crippen molar-refractivity contribution in [3.8, 4) is 0 Å². The van der Waals surface area contributed by atoms with Crippen molar-refractivity contribution < 1.29 is 9.59 Å². The number of halogens is 1. The van der Waals surface area contributed by atoms with Crippen molar-refractivity contribution >= 4 is 29.9 Å². The highest BCUT2D eigenvalue weighted by Crippen LogP contribution is 2.13. The fourth-order valence-corrected chi connectivity index (χ4v) is 2.75. The number of carbonyl (C=O) groups is 2. The molecule has 1 atom stereocenters. The SMILES string of the molecule is CC(C)CC(=O)Nc1cccc(CNC(=O)C2CCCNC2)c1.Cl. The van der Waals surface area contributed by atoms with Crippen LogP contribution in [0.2, 0.25) is 0 Å². The highest BCUT2D eigenvalue weighted by Gasteiger charge is 2.20. The number of anilines is 1. The van der Waals surface area contributed by atoms with E-state index in [0.717, 1.165) is 37.2 Å². The second-order valence-electron chi connectivity index (χ2n) is 6.61. The first-order valence-electron chi connectivity index (χ1n) is 8.42. The first-order valence-corrected chi connectivity index (χ1v) is 8.42. The molecule has 1 heterocycles. The molecule has 0 saturated carbocycles. The van der Waals surface area contributed by atoms with Crippen molar-refractivity contribution in [1.29, 1.82) is 0 Å². The lowest BCUT2D eigenvalue weighted by Gasteiger charge is -2.22. The zero-order chi connectivity index (χ0) is 16.7. The molecule has 0 spiro atoms. The first-order chi connectivity index (χ1) is 11.0. The summed E-state index contributed by atoms with van der Waals surface area (Å²) >= 11 is 0. The summed E-state index contributed by atoms with van der Waals surface area (Å²) in [5.41, 5.74) is 1.77. The van der Waals surface area contributed by atoms with E-state index in [9.17, 15) is 9.59 Å². The number of benzene rings is 1. The van der Waals surface area contributed by atoms with Crippen molar-refractivity contribution in [3.05, 3.63) is 29.8 Å². The number of amides is 2. The number of nitrogens with one attached hydrogen (secondary N) is 3. The topological polar surface area (TPSA) is 70.2 Å². The summed E-state index contributed by atoms with van der Waals surface area (Å²) in [6.07, 6.45) is 2.51. The van der Waals surface area contributed by atoms with Crippen LogP contribution < -0.4 is 16.0 Å². The van der Waals surface area contributed by atoms with E-state index in [-0.39, 0.29) is 30.1 Å². The van der Waals surface area contributed by atoms with Gasteiger partial charge in [0.25, 0.3) is 0 Å². The van der Waals surface area contributed by atoms with Gasteiger partial charge in [-0.1, -0.05) is 26.0 Å². The van der Waals surface area contributed by atoms with Crippen LogP contribution in [-0.2, 0) is 16.1 Å². The van der Waals surface area contributed by atoms with Gasteiger partial charge in [-0.3, -0.25) is 9.59 Å². The minimum atomic E-state index is 0. The average molecular weight is 354 g/mol. The summed E-state index contributed by atoms with van der Waals surface area (Å²) < 4.78 is 0. The van der Waals surface area contributed by atoms with Crippen LogP contribution in [0.3, 0.4) is 0 Å². The van der Waals surface area contributed by atoms with E-state index in [4.69, 9.17) is 0 Å². The van der Waals surface area contributed by atoms with Gasteiger partial charge in [0.15, 0.2) is 0 Å². The molecule has 0 bridgehead atoms. The summed E-state index contributed by atoms with van der Waals surface area (Å²) in [4.78, 5) is 24.0. The van der Waals surface area contributed by atoms with Gasteiger partial charge in [-0.05, 0) is 43.0 Å². The molecule has 0 radical (unpaired) electrons. The molecule has 5 nitrogen and oxygen atoms in total. The summed E-state index contributed by atoms with van der Waals surface area (Å²) in [6, 6.07) is 7.64. The molecule has 1 fully saturated rings. The Bertz CT molecular complexity index is 543. The molecular weight excluding hydrogens is 326 g/mol. The molecular formula is C18H28ClN3O2. The van der Waals surface area contributed by atoms with E-state index in [1.807, 2.05) is 38.1 Å². The Labute approximate surface area is 150 Å². The predicted molar refractivity (Wildman–Crippen MR) is 99.2 cm³/mol. The van der Waals surface area contributed by atoms with E-state index in [1.54, 1.807) is 0 Å². The van der Waals surface area contributed by atoms with Crippen LogP contribution >= 0.6 is 12.4 Å². The fraction of sp³-hybridized carbons (Fsp3) is 0.556. The van der Waals surface area contributed by atoms with Gasteiger partial charge in [0.1, 0.15) is 0 Å². The Morgan fingerprint density at radius 3 is 2.79 bits per heavy atom. The van der Waals surface area contributed by atoms with Gasteiger partial charge in [0.2, 0.25) is 11.8 Å². The molecule has 2 rings (SSSR count). The molecule has 1 aliphatic rings. The number of hydrogen-bond donors (Lipinski definition) is 3. The Morgan fingerprint density at radius 1 is 1.33 bits per heavy atom. The van der Waals surface area contributed by atoms with E-state index in [1.165, 1.54) is 0 Å². The fourth-order valence-electron chi connectivity index (χ4n) is 2.75. The largest absolute Gasteiger partial charge is 0.352 e. The van der Waals surface area contributed by atoms with E-state index in [2.05, 4.69) is 16.0 Å². The summed E-state index contributed by atoms with van der Waals surface area (Å²) in [6.45, 7) is 6.29. The monoisotopic (exact) mass is 353 g/mol. The highest BCUT2D eigenvalue weighted by molar-refractivity contribution is 5.90. The van der Waals surface area contributed by atoms with Crippen molar-refractivity contribution in [2.45, 2.75) is 39.7 Å². The first kappa shape index (κ1) is 20.5. The number of rotatable bonds is 6. The zero-order valence-corrected chi connectivity index (χ0v) is 15.2. The molecule has 0 aliphatic carbocycles. The van der Waals surface area contributed by atoms with Crippen molar-refractivity contribution in [1.82, 2.24) is 10.6 Å². The van der Waals surface area contributed by atoms with Gasteiger partial charge in [-0.25, -0.2) is 0 Å². The normalized spacial score (nSPS) is 17.0. The van der Waals surface area contributed by atoms with Crippen LogP contribution in [0.5, 0.6) is 0 Å². The van der Waals surface area contributed by atoms with Crippen LogP contribution in [0.15, 0.2) is 24.3 Å².